The van der Waals surface area contributed by atoms with Gasteiger partial charge in [-0.25, -0.2) is 17.9 Å². The van der Waals surface area contributed by atoms with Crippen molar-refractivity contribution >= 4 is 33.2 Å². The fraction of sp³-hybridized carbons (Fsp3) is 0.412. The topological polar surface area (TPSA) is 93.1 Å². The highest BCUT2D eigenvalue weighted by Crippen LogP contribution is 2.26. The number of nitrogens with one attached hydrogen (secondary N) is 2. The number of rotatable bonds is 4. The van der Waals surface area contributed by atoms with Crippen LogP contribution in [-0.2, 0) is 9.84 Å². The summed E-state index contributed by atoms with van der Waals surface area (Å²) in [6, 6.07) is 5.99. The van der Waals surface area contributed by atoms with E-state index in [1.54, 1.807) is 41.3 Å². The molecule has 26 heavy (non-hydrogen) atoms. The smallest absolute Gasteiger partial charge is 0.319 e. The lowest BCUT2D eigenvalue weighted by Gasteiger charge is -2.30. The van der Waals surface area contributed by atoms with Gasteiger partial charge in [-0.15, -0.1) is 0 Å². The second kappa shape index (κ2) is 7.67. The van der Waals surface area contributed by atoms with Gasteiger partial charge in [0.05, 0.1) is 16.6 Å². The Morgan fingerprint density at radius 3 is 2.77 bits per heavy atom. The maximum Gasteiger partial charge on any atom is 0.319 e. The minimum atomic E-state index is -3.22. The van der Waals surface area contributed by atoms with E-state index in [2.05, 4.69) is 15.7 Å². The van der Waals surface area contributed by atoms with Crippen molar-refractivity contribution in [1.29, 1.82) is 0 Å². The summed E-state index contributed by atoms with van der Waals surface area (Å²) in [5.41, 5.74) is 1.16. The van der Waals surface area contributed by atoms with Crippen molar-refractivity contribution < 1.29 is 13.2 Å². The quantitative estimate of drug-likeness (QED) is 0.830. The van der Waals surface area contributed by atoms with Gasteiger partial charge in [0.15, 0.2) is 9.84 Å². The fourth-order valence-electron chi connectivity index (χ4n) is 3.31. The summed E-state index contributed by atoms with van der Waals surface area (Å²) < 4.78 is 25.6. The SMILES string of the molecule is CS(=O)(=O)[C@@H]1CCCC[C@H]1NC(=O)Nc1ccc(Cl)cc1-n1cccn1. The van der Waals surface area contributed by atoms with Gasteiger partial charge in [-0.2, -0.15) is 5.10 Å². The fourth-order valence-corrected chi connectivity index (χ4v) is 4.87. The predicted octanol–water partition coefficient (Wildman–Crippen LogP) is 3.00. The van der Waals surface area contributed by atoms with Gasteiger partial charge in [-0.3, -0.25) is 0 Å². The summed E-state index contributed by atoms with van der Waals surface area (Å²) in [6.07, 6.45) is 7.58. The number of sulfone groups is 1. The maximum atomic E-state index is 12.5. The van der Waals surface area contributed by atoms with Gasteiger partial charge < -0.3 is 10.6 Å². The number of aromatic nitrogens is 2. The molecule has 2 aromatic rings. The molecule has 1 heterocycles. The molecule has 1 aliphatic carbocycles. The molecule has 140 valence electrons. The first-order valence-corrected chi connectivity index (χ1v) is 10.7. The Kier molecular flexibility index (Phi) is 5.52. The van der Waals surface area contributed by atoms with Gasteiger partial charge in [0.25, 0.3) is 0 Å². The predicted molar refractivity (Wildman–Crippen MR) is 102 cm³/mol. The van der Waals surface area contributed by atoms with E-state index < -0.39 is 21.1 Å². The molecule has 2 atom stereocenters. The van der Waals surface area contributed by atoms with Gasteiger partial charge in [-0.1, -0.05) is 24.4 Å². The summed E-state index contributed by atoms with van der Waals surface area (Å²) in [7, 11) is -3.22. The molecule has 0 saturated heterocycles. The Bertz CT molecular complexity index is 883. The van der Waals surface area contributed by atoms with Crippen molar-refractivity contribution in [3.8, 4) is 5.69 Å². The number of benzene rings is 1. The number of urea groups is 1. The zero-order valence-corrected chi connectivity index (χ0v) is 15.9. The number of carbonyl (C=O) groups is 1. The molecule has 9 heteroatoms. The maximum absolute atomic E-state index is 12.5. The average molecular weight is 397 g/mol. The molecule has 0 radical (unpaired) electrons. The van der Waals surface area contributed by atoms with Crippen LogP contribution in [0.1, 0.15) is 25.7 Å². The third-order valence-electron chi connectivity index (χ3n) is 4.53. The van der Waals surface area contributed by atoms with Crippen LogP contribution in [0.25, 0.3) is 5.69 Å². The number of hydrogen-bond acceptors (Lipinski definition) is 4. The van der Waals surface area contributed by atoms with E-state index in [1.165, 1.54) is 6.26 Å². The van der Waals surface area contributed by atoms with E-state index in [0.717, 1.165) is 12.8 Å². The van der Waals surface area contributed by atoms with E-state index in [9.17, 15) is 13.2 Å². The monoisotopic (exact) mass is 396 g/mol. The number of anilines is 1. The molecule has 3 rings (SSSR count). The van der Waals surface area contributed by atoms with Crippen LogP contribution < -0.4 is 10.6 Å². The number of halogens is 1. The van der Waals surface area contributed by atoms with Crippen LogP contribution in [0, 0.1) is 0 Å². The second-order valence-corrected chi connectivity index (χ2v) is 9.17. The summed E-state index contributed by atoms with van der Waals surface area (Å²) >= 11 is 6.06. The minimum absolute atomic E-state index is 0.390. The van der Waals surface area contributed by atoms with E-state index in [-0.39, 0.29) is 6.04 Å². The molecule has 1 aromatic heterocycles. The van der Waals surface area contributed by atoms with Crippen molar-refractivity contribution in [2.24, 2.45) is 0 Å². The molecule has 0 aliphatic heterocycles. The lowest BCUT2D eigenvalue weighted by Crippen LogP contribution is -2.49. The minimum Gasteiger partial charge on any atom is -0.334 e. The first kappa shape index (κ1) is 18.7. The van der Waals surface area contributed by atoms with Crippen molar-refractivity contribution in [2.45, 2.75) is 37.0 Å². The summed E-state index contributed by atoms with van der Waals surface area (Å²) in [5.74, 6) is 0. The van der Waals surface area contributed by atoms with Crippen LogP contribution in [0.2, 0.25) is 5.02 Å². The molecular formula is C17H21ClN4O3S. The summed E-state index contributed by atoms with van der Waals surface area (Å²) in [4.78, 5) is 12.5. The third kappa shape index (κ3) is 4.37. The van der Waals surface area contributed by atoms with Crippen LogP contribution in [0.3, 0.4) is 0 Å². The molecule has 2 amide bonds. The van der Waals surface area contributed by atoms with E-state index in [4.69, 9.17) is 11.6 Å². The number of carbonyl (C=O) groups excluding carboxylic acids is 1. The zero-order chi connectivity index (χ0) is 18.7. The molecule has 1 aliphatic rings. The van der Waals surface area contributed by atoms with Gasteiger partial charge >= 0.3 is 6.03 Å². The Morgan fingerprint density at radius 1 is 1.31 bits per heavy atom. The first-order valence-electron chi connectivity index (χ1n) is 8.40. The summed E-state index contributed by atoms with van der Waals surface area (Å²) in [6.45, 7) is 0. The van der Waals surface area contributed by atoms with E-state index in [1.807, 2.05) is 0 Å². The average Bonchev–Trinajstić information content (AvgIpc) is 3.10. The van der Waals surface area contributed by atoms with E-state index in [0.29, 0.717) is 29.2 Å². The highest BCUT2D eigenvalue weighted by atomic mass is 35.5. The van der Waals surface area contributed by atoms with Crippen LogP contribution >= 0.6 is 11.6 Å². The molecule has 7 nitrogen and oxygen atoms in total. The zero-order valence-electron chi connectivity index (χ0n) is 14.4. The van der Waals surface area contributed by atoms with Crippen LogP contribution in [0.15, 0.2) is 36.7 Å². The molecule has 1 fully saturated rings. The van der Waals surface area contributed by atoms with Gasteiger partial charge in [0, 0.05) is 29.7 Å². The number of amides is 2. The molecule has 0 bridgehead atoms. The highest BCUT2D eigenvalue weighted by Gasteiger charge is 2.33. The highest BCUT2D eigenvalue weighted by molar-refractivity contribution is 7.91. The molecule has 1 aromatic carbocycles. The van der Waals surface area contributed by atoms with Gasteiger partial charge in [0.1, 0.15) is 0 Å². The third-order valence-corrected chi connectivity index (χ3v) is 6.43. The molecule has 1 saturated carbocycles. The molecule has 0 spiro atoms. The standard InChI is InChI=1S/C17H21ClN4O3S/c1-26(24,25)16-6-3-2-5-14(16)21-17(23)20-13-8-7-12(18)11-15(13)22-10-4-9-19-22/h4,7-11,14,16H,2-3,5-6H2,1H3,(H2,20,21,23)/t14-,16-/m1/s1. The van der Waals surface area contributed by atoms with Crippen molar-refractivity contribution in [3.05, 3.63) is 41.7 Å². The number of nitrogens with zero attached hydrogens (tertiary/aromatic N) is 2. The van der Waals surface area contributed by atoms with Crippen LogP contribution in [0.4, 0.5) is 10.5 Å². The van der Waals surface area contributed by atoms with Crippen molar-refractivity contribution in [2.75, 3.05) is 11.6 Å². The Balaban J connectivity index is 1.76. The van der Waals surface area contributed by atoms with Crippen LogP contribution in [-0.4, -0.2) is 41.8 Å². The largest absolute Gasteiger partial charge is 0.334 e. The lowest BCUT2D eigenvalue weighted by molar-refractivity contribution is 0.244. The normalized spacial score (nSPS) is 20.5. The van der Waals surface area contributed by atoms with Gasteiger partial charge in [-0.05, 0) is 37.1 Å². The Hall–Kier alpha value is -2.06. The first-order chi connectivity index (χ1) is 12.3. The van der Waals surface area contributed by atoms with Gasteiger partial charge in [0.2, 0.25) is 0 Å². The van der Waals surface area contributed by atoms with E-state index >= 15 is 0 Å². The number of hydrogen-bond donors (Lipinski definition) is 2. The Labute approximate surface area is 157 Å². The molecule has 0 unspecified atom stereocenters. The Morgan fingerprint density at radius 2 is 2.08 bits per heavy atom. The van der Waals surface area contributed by atoms with Crippen molar-refractivity contribution in [1.82, 2.24) is 15.1 Å². The van der Waals surface area contributed by atoms with Crippen LogP contribution in [0.5, 0.6) is 0 Å². The molecule has 2 N–H and O–H groups in total. The second-order valence-electron chi connectivity index (χ2n) is 6.47. The van der Waals surface area contributed by atoms with Crippen molar-refractivity contribution in [3.63, 3.8) is 0 Å². The lowest BCUT2D eigenvalue weighted by atomic mass is 9.95. The molecular weight excluding hydrogens is 376 g/mol. The summed E-state index contributed by atoms with van der Waals surface area (Å²) in [5, 5.41) is 9.74.